The minimum absolute atomic E-state index is 0.000316. The highest BCUT2D eigenvalue weighted by Gasteiger charge is 2.76. The summed E-state index contributed by atoms with van der Waals surface area (Å²) in [6.45, 7) is -3.85. The van der Waals surface area contributed by atoms with Crippen LogP contribution in [0.4, 0.5) is 0 Å². The molecule has 0 aromatic rings. The maximum Gasteiger partial charge on any atom is 0.329 e. The van der Waals surface area contributed by atoms with Gasteiger partial charge in [0, 0.05) is 13.8 Å². The van der Waals surface area contributed by atoms with E-state index < -0.39 is 233 Å². The van der Waals surface area contributed by atoms with Gasteiger partial charge in [0.2, 0.25) is 17.6 Å². The largest absolute Gasteiger partial charge is 0.481 e. The van der Waals surface area contributed by atoms with Crippen LogP contribution >= 0.6 is 0 Å². The lowest BCUT2D eigenvalue weighted by Gasteiger charge is -2.65. The van der Waals surface area contributed by atoms with Crippen LogP contribution in [-0.2, 0) is 71.5 Å². The Hall–Kier alpha value is -5.04. The Bertz CT molecular complexity index is 2050. The highest BCUT2D eigenvalue weighted by atomic mass is 16.8. The van der Waals surface area contributed by atoms with Crippen LogP contribution in [0.2, 0.25) is 0 Å². The van der Waals surface area contributed by atoms with Crippen LogP contribution < -0.4 is 16.8 Å². The summed E-state index contributed by atoms with van der Waals surface area (Å²) in [5, 5.41) is 174. The van der Waals surface area contributed by atoms with E-state index in [0.29, 0.717) is 6.92 Å². The Labute approximate surface area is 427 Å². The van der Waals surface area contributed by atoms with E-state index in [9.17, 15) is 125 Å². The van der Waals surface area contributed by atoms with Gasteiger partial charge in [-0.1, -0.05) is 0 Å². The van der Waals surface area contributed by atoms with Crippen molar-refractivity contribution in [3.63, 3.8) is 0 Å². The van der Waals surface area contributed by atoms with Crippen molar-refractivity contribution in [1.29, 1.82) is 0 Å². The fourth-order valence-corrected chi connectivity index (χ4v) is 9.24. The fraction of sp³-hybridized carbons (Fsp3) is 0.800. The van der Waals surface area contributed by atoms with Crippen molar-refractivity contribution in [2.75, 3.05) is 33.0 Å². The normalized spacial score (nSPS) is 38.8. The average molecular weight is 1110 g/mol. The topological polar surface area (TPSA) is 612 Å². The molecule has 22 N–H and O–H groups in total. The van der Waals surface area contributed by atoms with Crippen LogP contribution in [0.15, 0.2) is 0 Å². The van der Waals surface area contributed by atoms with E-state index in [1.807, 2.05) is 0 Å². The number of rotatable bonds is 23. The Morgan fingerprint density at radius 2 is 1.11 bits per heavy atom. The molecule has 4 aliphatic rings. The molecule has 0 aromatic carbocycles. The number of nitrogens with two attached hydrogens (primary N) is 2. The van der Waals surface area contributed by atoms with Crippen molar-refractivity contribution in [3.8, 4) is 0 Å². The van der Waals surface area contributed by atoms with E-state index in [4.69, 9.17) is 44.6 Å². The molecule has 4 heterocycles. The van der Waals surface area contributed by atoms with E-state index in [2.05, 4.69) is 5.32 Å². The Morgan fingerprint density at radius 3 is 1.51 bits per heavy atom. The fourth-order valence-electron chi connectivity index (χ4n) is 9.24. The number of carbonyl (C=O) groups excluding carboxylic acids is 2. The summed E-state index contributed by atoms with van der Waals surface area (Å²) in [5.74, 6) is -17.7. The van der Waals surface area contributed by atoms with Gasteiger partial charge in [0.05, 0.1) is 57.3 Å². The second kappa shape index (κ2) is 27.0. The third kappa shape index (κ3) is 14.4. The predicted molar refractivity (Wildman–Crippen MR) is 232 cm³/mol. The molecule has 0 bridgehead atoms. The standard InChI is InChI=1S/C26H38N2O22.C14H26N2O10/c1-9(30)28(6-16(40)41)25(4-14(36)37)21(46)22(49-23-18(27)20(45)19(44)10(7-29)48-23)24(3-13(34)35,11(31)2-12(32)33)50-26(25,5-15(38)39)47-8-17(42)43;1-4(19)16-8-11(22)12(6(3-18)24-13(8)23)26-14-7(15)10(21)9(20)5(2-17)25-14/h10-11,18-23,29,31,44-46H,2-8,27H2,1H3,(H,32,33)(H,34,35)(H,36,37)(H,38,39)(H,40,41)(H,42,43);5-14,17-18,20-23H,2-3,15H2,1H3,(H,16,19)/t10-,11?,18-,19-,20-,21+,22+,23+,24-,25-,26-;5-,6-,7-,8-,9-,10-,11-,12-,13-,14+/m11/s1. The molecule has 4 aliphatic heterocycles. The van der Waals surface area contributed by atoms with Gasteiger partial charge in [-0.3, -0.25) is 33.6 Å². The lowest BCUT2D eigenvalue weighted by molar-refractivity contribution is -0.431. The van der Waals surface area contributed by atoms with Gasteiger partial charge in [0.25, 0.3) is 0 Å². The van der Waals surface area contributed by atoms with Crippen LogP contribution in [0.5, 0.6) is 0 Å². The number of nitrogens with zero attached hydrogens (tertiary/aromatic N) is 1. The summed E-state index contributed by atoms with van der Waals surface area (Å²) >= 11 is 0. The number of aliphatic carboxylic acids is 6. The van der Waals surface area contributed by atoms with Gasteiger partial charge in [-0.25, -0.2) is 4.79 Å². The Kier molecular flexibility index (Phi) is 23.2. The number of carboxylic acid groups (broad SMARTS) is 6. The van der Waals surface area contributed by atoms with E-state index in [1.165, 1.54) is 6.92 Å². The molecular formula is C40H64N4O32. The number of carbonyl (C=O) groups is 8. The molecule has 21 atom stereocenters. The Balaban J connectivity index is 0.000000488. The first-order chi connectivity index (χ1) is 35.2. The maximum atomic E-state index is 13.1. The maximum absolute atomic E-state index is 13.1. The van der Waals surface area contributed by atoms with Crippen molar-refractivity contribution in [3.05, 3.63) is 0 Å². The van der Waals surface area contributed by atoms with Crippen LogP contribution in [0.1, 0.15) is 39.5 Å². The highest BCUT2D eigenvalue weighted by Crippen LogP contribution is 2.54. The van der Waals surface area contributed by atoms with Crippen molar-refractivity contribution in [1.82, 2.24) is 10.2 Å². The van der Waals surface area contributed by atoms with Crippen molar-refractivity contribution < 1.29 is 158 Å². The zero-order valence-corrected chi connectivity index (χ0v) is 40.1. The van der Waals surface area contributed by atoms with Crippen molar-refractivity contribution in [2.24, 2.45) is 11.5 Å². The average Bonchev–Trinajstić information content (AvgIpc) is 3.31. The summed E-state index contributed by atoms with van der Waals surface area (Å²) in [5.41, 5.74) is 4.80. The van der Waals surface area contributed by atoms with Crippen LogP contribution in [0.3, 0.4) is 0 Å². The Morgan fingerprint density at radius 1 is 0.618 bits per heavy atom. The summed E-state index contributed by atoms with van der Waals surface area (Å²) in [4.78, 5) is 97.2. The van der Waals surface area contributed by atoms with Gasteiger partial charge in [-0.15, -0.1) is 0 Å². The summed E-state index contributed by atoms with van der Waals surface area (Å²) < 4.78 is 38.2. The smallest absolute Gasteiger partial charge is 0.329 e. The zero-order chi connectivity index (χ0) is 58.1. The summed E-state index contributed by atoms with van der Waals surface area (Å²) in [7, 11) is 0. The second-order valence-corrected chi connectivity index (χ2v) is 17.9. The number of hydrogen-bond acceptors (Lipinski definition) is 28. The summed E-state index contributed by atoms with van der Waals surface area (Å²) in [6, 6.07) is -4.40. The molecule has 36 heteroatoms. The van der Waals surface area contributed by atoms with E-state index in [0.717, 1.165) is 0 Å². The molecule has 76 heavy (non-hydrogen) atoms. The van der Waals surface area contributed by atoms with Crippen LogP contribution in [0.25, 0.3) is 0 Å². The molecule has 4 saturated heterocycles. The predicted octanol–water partition coefficient (Wildman–Crippen LogP) is -11.3. The van der Waals surface area contributed by atoms with Crippen molar-refractivity contribution in [2.45, 2.75) is 167 Å². The number of nitrogens with one attached hydrogen (secondary N) is 1. The number of aliphatic hydroxyl groups is 11. The summed E-state index contributed by atoms with van der Waals surface area (Å²) in [6.07, 6.45) is -34.5. The number of aliphatic hydroxyl groups excluding tert-OH is 11. The molecule has 0 spiro atoms. The van der Waals surface area contributed by atoms with Gasteiger partial charge >= 0.3 is 35.8 Å². The molecule has 0 saturated carbocycles. The molecule has 4 fully saturated rings. The zero-order valence-electron chi connectivity index (χ0n) is 40.1. The molecule has 36 nitrogen and oxygen atoms in total. The lowest BCUT2D eigenvalue weighted by Crippen LogP contribution is -2.85. The third-order valence-electron chi connectivity index (χ3n) is 12.7. The van der Waals surface area contributed by atoms with E-state index >= 15 is 0 Å². The number of carboxylic acids is 6. The van der Waals surface area contributed by atoms with Gasteiger partial charge in [-0.2, -0.15) is 0 Å². The molecule has 0 radical (unpaired) electrons. The molecule has 1 unspecified atom stereocenters. The van der Waals surface area contributed by atoms with E-state index in [-0.39, 0.29) is 4.90 Å². The van der Waals surface area contributed by atoms with Gasteiger partial charge < -0.3 is 142 Å². The molecule has 4 rings (SSSR count). The molecule has 436 valence electrons. The van der Waals surface area contributed by atoms with Crippen LogP contribution in [0, 0.1) is 0 Å². The van der Waals surface area contributed by atoms with Gasteiger partial charge in [-0.05, 0) is 0 Å². The van der Waals surface area contributed by atoms with Crippen LogP contribution in [-0.4, -0.2) is 299 Å². The first-order valence-corrected chi connectivity index (χ1v) is 22.5. The van der Waals surface area contributed by atoms with Crippen molar-refractivity contribution >= 4 is 47.6 Å². The lowest BCUT2D eigenvalue weighted by atomic mass is 9.65. The highest BCUT2D eigenvalue weighted by molar-refractivity contribution is 5.83. The van der Waals surface area contributed by atoms with Gasteiger partial charge in [0.15, 0.2) is 18.9 Å². The first kappa shape index (κ1) is 65.2. The quantitative estimate of drug-likeness (QED) is 0.0452. The van der Waals surface area contributed by atoms with E-state index in [1.54, 1.807) is 0 Å². The minimum Gasteiger partial charge on any atom is -0.481 e. The molecular weight excluding hydrogens is 1050 g/mol. The number of hydrogen-bond donors (Lipinski definition) is 20. The minimum atomic E-state index is -3.69. The van der Waals surface area contributed by atoms with Gasteiger partial charge in [0.1, 0.15) is 104 Å². The molecule has 0 aromatic heterocycles. The number of amides is 2. The molecule has 0 aliphatic carbocycles. The molecule has 2 amide bonds. The monoisotopic (exact) mass is 1110 g/mol. The SMILES string of the molecule is CC(=O)N(CC(=O)O)[C@]1(CC(=O)O)[C@@H](O)[C@H](O[C@@H]2O[C@H](CO)[C@@H](O)[C@H](O)[C@H]2N)[C@@](CC(=O)O)(C(O)CC(=O)O)O[C@@]1(CC(=O)O)OCC(=O)O.CC(=O)N[C@@H]1[C@@H](O)[C@H](O[C@@H]2O[C@H](CO)[C@@H](O)[C@H](O)[C@H]2N)[C@@H](CO)O[C@H]1O. The third-order valence-corrected chi connectivity index (χ3v) is 12.7. The number of ether oxygens (including phenoxy) is 7. The second-order valence-electron chi connectivity index (χ2n) is 17.9. The first-order valence-electron chi connectivity index (χ1n) is 22.5.